The number of amides is 3. The Labute approximate surface area is 146 Å². The Bertz CT molecular complexity index is 732. The third-order valence-corrected chi connectivity index (χ3v) is 5.82. The number of nitrogens with zero attached hydrogens (tertiary/aromatic N) is 3. The van der Waals surface area contributed by atoms with Gasteiger partial charge in [-0.3, -0.25) is 9.69 Å². The van der Waals surface area contributed by atoms with Crippen LogP contribution in [0.3, 0.4) is 0 Å². The Hall–Kier alpha value is -2.15. The number of fused-ring (bicyclic) bond motifs is 1. The predicted molar refractivity (Wildman–Crippen MR) is 92.0 cm³/mol. The molecule has 0 aliphatic carbocycles. The first-order valence-corrected chi connectivity index (χ1v) is 8.74. The van der Waals surface area contributed by atoms with Crippen molar-refractivity contribution in [1.29, 1.82) is 0 Å². The average molecular weight is 346 g/mol. The van der Waals surface area contributed by atoms with Gasteiger partial charge in [0.15, 0.2) is 0 Å². The standard InChI is InChI=1S/C18H23FN4O2/c1-12-3-4-13-7-14(19)5-6-15(13)23(12)16(24)8-22-10-18(11-22)9-20-17(25)21(18)2/h5-7,12H,3-4,8-11H2,1-2H3,(H,20,25). The largest absolute Gasteiger partial charge is 0.336 e. The lowest BCUT2D eigenvalue weighted by Gasteiger charge is -2.50. The van der Waals surface area contributed by atoms with Crippen LogP contribution in [-0.4, -0.2) is 66.5 Å². The molecular weight excluding hydrogens is 323 g/mol. The first kappa shape index (κ1) is 16.3. The highest BCUT2D eigenvalue weighted by Crippen LogP contribution is 2.33. The van der Waals surface area contributed by atoms with Crippen molar-refractivity contribution in [3.05, 3.63) is 29.6 Å². The summed E-state index contributed by atoms with van der Waals surface area (Å²) in [4.78, 5) is 30.2. The molecule has 0 radical (unpaired) electrons. The van der Waals surface area contributed by atoms with Gasteiger partial charge >= 0.3 is 6.03 Å². The molecule has 7 heteroatoms. The lowest BCUT2D eigenvalue weighted by molar-refractivity contribution is -0.123. The lowest BCUT2D eigenvalue weighted by Crippen LogP contribution is -2.70. The van der Waals surface area contributed by atoms with Crippen LogP contribution in [-0.2, 0) is 11.2 Å². The van der Waals surface area contributed by atoms with E-state index in [0.29, 0.717) is 26.2 Å². The second kappa shape index (κ2) is 5.69. The molecule has 134 valence electrons. The minimum absolute atomic E-state index is 0.0369. The molecule has 6 nitrogen and oxygen atoms in total. The van der Waals surface area contributed by atoms with E-state index < -0.39 is 0 Å². The van der Waals surface area contributed by atoms with Gasteiger partial charge in [-0.1, -0.05) is 0 Å². The summed E-state index contributed by atoms with van der Waals surface area (Å²) in [6, 6.07) is 4.72. The van der Waals surface area contributed by atoms with Crippen LogP contribution in [0.15, 0.2) is 18.2 Å². The normalized spacial score (nSPS) is 24.9. The first-order chi connectivity index (χ1) is 11.9. The molecule has 3 aliphatic rings. The van der Waals surface area contributed by atoms with Crippen molar-refractivity contribution in [1.82, 2.24) is 15.1 Å². The molecule has 2 saturated heterocycles. The van der Waals surface area contributed by atoms with Crippen LogP contribution in [0.2, 0.25) is 0 Å². The molecule has 1 N–H and O–H groups in total. The quantitative estimate of drug-likeness (QED) is 0.876. The van der Waals surface area contributed by atoms with Crippen molar-refractivity contribution in [3.63, 3.8) is 0 Å². The number of urea groups is 1. The molecule has 2 fully saturated rings. The number of rotatable bonds is 2. The molecule has 1 aromatic rings. The van der Waals surface area contributed by atoms with Gasteiger partial charge in [0.05, 0.1) is 12.1 Å². The molecule has 1 atom stereocenters. The number of carbonyl (C=O) groups is 2. The van der Waals surface area contributed by atoms with Crippen LogP contribution in [0.25, 0.3) is 0 Å². The smallest absolute Gasteiger partial charge is 0.317 e. The highest BCUT2D eigenvalue weighted by Gasteiger charge is 2.52. The van der Waals surface area contributed by atoms with E-state index in [2.05, 4.69) is 10.2 Å². The van der Waals surface area contributed by atoms with Gasteiger partial charge in [-0.2, -0.15) is 0 Å². The molecular formula is C18H23FN4O2. The Morgan fingerprint density at radius 2 is 2.16 bits per heavy atom. The van der Waals surface area contributed by atoms with Crippen molar-refractivity contribution in [3.8, 4) is 0 Å². The fourth-order valence-corrected chi connectivity index (χ4v) is 4.28. The fraction of sp³-hybridized carbons (Fsp3) is 0.556. The van der Waals surface area contributed by atoms with Crippen LogP contribution >= 0.6 is 0 Å². The van der Waals surface area contributed by atoms with Crippen LogP contribution in [0, 0.1) is 5.82 Å². The summed E-state index contributed by atoms with van der Waals surface area (Å²) < 4.78 is 13.5. The number of carbonyl (C=O) groups excluding carboxylic acids is 2. The second-order valence-electron chi connectivity index (χ2n) is 7.51. The van der Waals surface area contributed by atoms with E-state index in [-0.39, 0.29) is 29.3 Å². The van der Waals surface area contributed by atoms with Gasteiger partial charge in [0.2, 0.25) is 5.91 Å². The maximum absolute atomic E-state index is 13.5. The SMILES string of the molecule is CC1CCc2cc(F)ccc2N1C(=O)CN1CC2(CNC(=O)N2C)C1. The Kier molecular flexibility index (Phi) is 3.72. The fourth-order valence-electron chi connectivity index (χ4n) is 4.28. The molecule has 0 aromatic heterocycles. The average Bonchev–Trinajstić information content (AvgIpc) is 2.83. The molecule has 3 heterocycles. The van der Waals surface area contributed by atoms with Gasteiger partial charge in [-0.25, -0.2) is 9.18 Å². The summed E-state index contributed by atoms with van der Waals surface area (Å²) in [7, 11) is 1.80. The van der Waals surface area contributed by atoms with Crippen LogP contribution in [0.5, 0.6) is 0 Å². The number of hydrogen-bond donors (Lipinski definition) is 1. The zero-order chi connectivity index (χ0) is 17.8. The summed E-state index contributed by atoms with van der Waals surface area (Å²) in [6.07, 6.45) is 1.64. The maximum atomic E-state index is 13.5. The molecule has 3 aliphatic heterocycles. The summed E-state index contributed by atoms with van der Waals surface area (Å²) in [6.45, 7) is 4.40. The zero-order valence-corrected chi connectivity index (χ0v) is 14.6. The molecule has 1 spiro atoms. The summed E-state index contributed by atoms with van der Waals surface area (Å²) in [5.74, 6) is -0.221. The minimum atomic E-state index is -0.258. The number of benzene rings is 1. The summed E-state index contributed by atoms with van der Waals surface area (Å²) >= 11 is 0. The summed E-state index contributed by atoms with van der Waals surface area (Å²) in [5.41, 5.74) is 1.55. The van der Waals surface area contributed by atoms with E-state index in [4.69, 9.17) is 0 Å². The van der Waals surface area contributed by atoms with Gasteiger partial charge in [0, 0.05) is 38.4 Å². The van der Waals surface area contributed by atoms with Crippen molar-refractivity contribution in [2.24, 2.45) is 0 Å². The molecule has 1 aromatic carbocycles. The van der Waals surface area contributed by atoms with Gasteiger partial charge < -0.3 is 15.1 Å². The Balaban J connectivity index is 1.45. The number of anilines is 1. The number of likely N-dealkylation sites (tertiary alicyclic amines) is 1. The monoisotopic (exact) mass is 346 g/mol. The number of aryl methyl sites for hydroxylation is 1. The number of nitrogens with one attached hydrogen (secondary N) is 1. The Morgan fingerprint density at radius 1 is 1.40 bits per heavy atom. The van der Waals surface area contributed by atoms with Crippen molar-refractivity contribution in [2.75, 3.05) is 38.1 Å². The van der Waals surface area contributed by atoms with E-state index in [9.17, 15) is 14.0 Å². The van der Waals surface area contributed by atoms with Crippen molar-refractivity contribution in [2.45, 2.75) is 31.3 Å². The van der Waals surface area contributed by atoms with E-state index in [1.54, 1.807) is 18.0 Å². The van der Waals surface area contributed by atoms with E-state index in [0.717, 1.165) is 24.1 Å². The van der Waals surface area contributed by atoms with Crippen LogP contribution in [0.4, 0.5) is 14.9 Å². The maximum Gasteiger partial charge on any atom is 0.317 e. The van der Waals surface area contributed by atoms with Gasteiger partial charge in [-0.15, -0.1) is 0 Å². The van der Waals surface area contributed by atoms with E-state index >= 15 is 0 Å². The van der Waals surface area contributed by atoms with Crippen LogP contribution < -0.4 is 10.2 Å². The van der Waals surface area contributed by atoms with E-state index in [1.165, 1.54) is 12.1 Å². The van der Waals surface area contributed by atoms with Crippen molar-refractivity contribution >= 4 is 17.6 Å². The molecule has 1 unspecified atom stereocenters. The summed E-state index contributed by atoms with van der Waals surface area (Å²) in [5, 5.41) is 2.85. The number of halogens is 1. The molecule has 25 heavy (non-hydrogen) atoms. The van der Waals surface area contributed by atoms with Crippen molar-refractivity contribution < 1.29 is 14.0 Å². The molecule has 3 amide bonds. The number of hydrogen-bond acceptors (Lipinski definition) is 3. The second-order valence-corrected chi connectivity index (χ2v) is 7.51. The highest BCUT2D eigenvalue weighted by atomic mass is 19.1. The van der Waals surface area contributed by atoms with Gasteiger partial charge in [-0.05, 0) is 43.5 Å². The van der Waals surface area contributed by atoms with Gasteiger partial charge in [0.25, 0.3) is 0 Å². The number of likely N-dealkylation sites (N-methyl/N-ethyl adjacent to an activating group) is 1. The van der Waals surface area contributed by atoms with Crippen LogP contribution in [0.1, 0.15) is 18.9 Å². The minimum Gasteiger partial charge on any atom is -0.336 e. The first-order valence-electron chi connectivity index (χ1n) is 8.74. The van der Waals surface area contributed by atoms with E-state index in [1.807, 2.05) is 11.8 Å². The third kappa shape index (κ3) is 2.57. The molecule has 4 rings (SSSR count). The third-order valence-electron chi connectivity index (χ3n) is 5.82. The predicted octanol–water partition coefficient (Wildman–Crippen LogP) is 1.20. The topological polar surface area (TPSA) is 55.9 Å². The highest BCUT2D eigenvalue weighted by molar-refractivity contribution is 5.96. The molecule has 0 saturated carbocycles. The van der Waals surface area contributed by atoms with Gasteiger partial charge in [0.1, 0.15) is 5.82 Å². The Morgan fingerprint density at radius 3 is 2.84 bits per heavy atom. The molecule has 0 bridgehead atoms. The lowest BCUT2D eigenvalue weighted by atomic mass is 9.89. The zero-order valence-electron chi connectivity index (χ0n) is 14.6.